The Hall–Kier alpha value is -3.01. The summed E-state index contributed by atoms with van der Waals surface area (Å²) in [6.07, 6.45) is -6.32. The summed E-state index contributed by atoms with van der Waals surface area (Å²) in [4.78, 5) is 26.1. The highest BCUT2D eigenvalue weighted by Crippen LogP contribution is 2.34. The number of nitrogens with zero attached hydrogens (tertiary/aromatic N) is 2. The van der Waals surface area contributed by atoms with Crippen LogP contribution in [-0.2, 0) is 21.2 Å². The van der Waals surface area contributed by atoms with Gasteiger partial charge in [0.05, 0.1) is 46.1 Å². The van der Waals surface area contributed by atoms with Crippen LogP contribution in [0, 0.1) is 17.1 Å². The average molecular weight is 548 g/mol. The predicted octanol–water partition coefficient (Wildman–Crippen LogP) is 4.07. The van der Waals surface area contributed by atoms with Crippen molar-refractivity contribution >= 4 is 39.6 Å². The molecule has 1 heterocycles. The second-order valence-electron chi connectivity index (χ2n) is 8.17. The van der Waals surface area contributed by atoms with Crippen LogP contribution in [0.2, 0.25) is 0 Å². The van der Waals surface area contributed by atoms with E-state index in [0.29, 0.717) is 17.2 Å². The first-order valence-electron chi connectivity index (χ1n) is 10.5. The summed E-state index contributed by atoms with van der Waals surface area (Å²) in [7, 11) is -4.21. The Balaban J connectivity index is 0.00000456. The second kappa shape index (κ2) is 11.4. The van der Waals surface area contributed by atoms with Crippen LogP contribution >= 0.6 is 12.4 Å². The molecule has 7 nitrogen and oxygen atoms in total. The number of hydrogen-bond acceptors (Lipinski definition) is 6. The molecule has 3 rings (SSSR count). The summed E-state index contributed by atoms with van der Waals surface area (Å²) < 4.78 is 77.4. The maximum atomic E-state index is 14.8. The SMILES string of the molecule is Cl.N#Cc1ccc(CN2C(=O)[C@@H](N)CS(=O)(=O)c3cc(F)c(C(=O)CCCCC(F)(F)F)cc32)cc1. The molecule has 13 heteroatoms. The van der Waals surface area contributed by atoms with Crippen LogP contribution in [0.5, 0.6) is 0 Å². The van der Waals surface area contributed by atoms with E-state index in [1.807, 2.05) is 6.07 Å². The van der Waals surface area contributed by atoms with Crippen molar-refractivity contribution in [3.05, 3.63) is 58.9 Å². The fourth-order valence-electron chi connectivity index (χ4n) is 3.71. The second-order valence-corrected chi connectivity index (χ2v) is 10.2. The summed E-state index contributed by atoms with van der Waals surface area (Å²) in [5.41, 5.74) is 5.91. The Kier molecular flexibility index (Phi) is 9.23. The lowest BCUT2D eigenvalue weighted by atomic mass is 10.0. The van der Waals surface area contributed by atoms with Gasteiger partial charge in [-0.15, -0.1) is 12.4 Å². The largest absolute Gasteiger partial charge is 0.389 e. The average Bonchev–Trinajstić information content (AvgIpc) is 2.84. The molecular formula is C23H22ClF4N3O4S. The third-order valence-electron chi connectivity index (χ3n) is 5.49. The van der Waals surface area contributed by atoms with Gasteiger partial charge >= 0.3 is 6.18 Å². The monoisotopic (exact) mass is 547 g/mol. The first-order chi connectivity index (χ1) is 16.3. The summed E-state index contributed by atoms with van der Waals surface area (Å²) in [5, 5.41) is 8.96. The molecule has 0 bridgehead atoms. The van der Waals surface area contributed by atoms with Gasteiger partial charge in [0.1, 0.15) is 5.82 Å². The number of benzene rings is 2. The van der Waals surface area contributed by atoms with E-state index in [2.05, 4.69) is 0 Å². The number of alkyl halides is 3. The van der Waals surface area contributed by atoms with Gasteiger partial charge in [0.25, 0.3) is 0 Å². The molecule has 2 N–H and O–H groups in total. The lowest BCUT2D eigenvalue weighted by molar-refractivity contribution is -0.135. The van der Waals surface area contributed by atoms with E-state index in [1.165, 1.54) is 12.1 Å². The number of carbonyl (C=O) groups is 2. The van der Waals surface area contributed by atoms with Gasteiger partial charge in [-0.25, -0.2) is 12.8 Å². The van der Waals surface area contributed by atoms with Crippen LogP contribution in [0.15, 0.2) is 41.3 Å². The standard InChI is InChI=1S/C23H21F4N3O4S.ClH/c24-17-10-21-19(9-16(17)20(31)3-1-2-8-23(25,26)27)30(22(32)18(29)13-35(21,33)34)12-15-6-4-14(11-28)5-7-15;/h4-7,9-10,18H,1-3,8,12-13,29H2;1H/t18-;/m0./s1. The van der Waals surface area contributed by atoms with Crippen LogP contribution in [0.3, 0.4) is 0 Å². The van der Waals surface area contributed by atoms with Gasteiger partial charge in [0.2, 0.25) is 5.91 Å². The highest BCUT2D eigenvalue weighted by Gasteiger charge is 2.37. The summed E-state index contributed by atoms with van der Waals surface area (Å²) in [6, 6.07) is 8.17. The molecule has 1 aliphatic rings. The molecule has 0 saturated carbocycles. The molecule has 2 aromatic carbocycles. The van der Waals surface area contributed by atoms with Crippen molar-refractivity contribution in [3.63, 3.8) is 0 Å². The van der Waals surface area contributed by atoms with Crippen molar-refractivity contribution in [1.82, 2.24) is 0 Å². The minimum Gasteiger partial charge on any atom is -0.319 e. The number of hydrogen-bond donors (Lipinski definition) is 1. The number of nitrogens with two attached hydrogens (primary N) is 1. The molecule has 36 heavy (non-hydrogen) atoms. The van der Waals surface area contributed by atoms with Gasteiger partial charge in [0.15, 0.2) is 15.6 Å². The van der Waals surface area contributed by atoms with Crippen molar-refractivity contribution < 1.29 is 35.6 Å². The van der Waals surface area contributed by atoms with Gasteiger partial charge in [-0.2, -0.15) is 18.4 Å². The molecular weight excluding hydrogens is 526 g/mol. The fraction of sp³-hybridized carbons (Fsp3) is 0.348. The maximum absolute atomic E-state index is 14.8. The fourth-order valence-corrected chi connectivity index (χ4v) is 5.28. The Bertz CT molecular complexity index is 1290. The lowest BCUT2D eigenvalue weighted by Gasteiger charge is -2.25. The van der Waals surface area contributed by atoms with Crippen LogP contribution in [0.4, 0.5) is 23.2 Å². The normalized spacial score (nSPS) is 16.9. The Morgan fingerprint density at radius 1 is 1.17 bits per heavy atom. The van der Waals surface area contributed by atoms with Crippen LogP contribution in [0.1, 0.15) is 47.2 Å². The quantitative estimate of drug-likeness (QED) is 0.317. The third kappa shape index (κ3) is 6.81. The number of fused-ring (bicyclic) bond motifs is 1. The molecule has 2 aromatic rings. The zero-order valence-electron chi connectivity index (χ0n) is 18.7. The Morgan fingerprint density at radius 2 is 1.81 bits per heavy atom. The van der Waals surface area contributed by atoms with Crippen molar-refractivity contribution in [1.29, 1.82) is 5.26 Å². The van der Waals surface area contributed by atoms with Gasteiger partial charge < -0.3 is 10.6 Å². The Labute approximate surface area is 211 Å². The topological polar surface area (TPSA) is 121 Å². The molecule has 1 aliphatic heterocycles. The molecule has 1 atom stereocenters. The Morgan fingerprint density at radius 3 is 2.39 bits per heavy atom. The first kappa shape index (κ1) is 29.2. The van der Waals surface area contributed by atoms with Crippen LogP contribution < -0.4 is 10.6 Å². The number of ketones is 1. The highest BCUT2D eigenvalue weighted by molar-refractivity contribution is 7.91. The smallest absolute Gasteiger partial charge is 0.319 e. The molecule has 194 valence electrons. The lowest BCUT2D eigenvalue weighted by Crippen LogP contribution is -2.45. The molecule has 0 fully saturated rings. The number of carbonyl (C=O) groups excluding carboxylic acids is 2. The number of halogens is 5. The van der Waals surface area contributed by atoms with E-state index >= 15 is 0 Å². The number of sulfone groups is 1. The van der Waals surface area contributed by atoms with Crippen molar-refractivity contribution in [2.24, 2.45) is 5.73 Å². The molecule has 0 radical (unpaired) electrons. The maximum Gasteiger partial charge on any atom is 0.389 e. The van der Waals surface area contributed by atoms with Crippen LogP contribution in [0.25, 0.3) is 0 Å². The number of unbranched alkanes of at least 4 members (excludes halogenated alkanes) is 1. The highest BCUT2D eigenvalue weighted by atomic mass is 35.5. The number of anilines is 1. The zero-order chi connectivity index (χ0) is 26.0. The summed E-state index contributed by atoms with van der Waals surface area (Å²) in [5.74, 6) is -3.52. The summed E-state index contributed by atoms with van der Waals surface area (Å²) in [6.45, 7) is -0.175. The van der Waals surface area contributed by atoms with E-state index < -0.39 is 62.2 Å². The third-order valence-corrected chi connectivity index (χ3v) is 7.29. The number of amides is 1. The molecule has 0 saturated heterocycles. The summed E-state index contributed by atoms with van der Waals surface area (Å²) >= 11 is 0. The first-order valence-corrected chi connectivity index (χ1v) is 12.2. The van der Waals surface area contributed by atoms with Gasteiger partial charge in [0, 0.05) is 12.8 Å². The minimum absolute atomic E-state index is 0. The zero-order valence-corrected chi connectivity index (χ0v) is 20.4. The van der Waals surface area contributed by atoms with Gasteiger partial charge in [-0.1, -0.05) is 12.1 Å². The minimum atomic E-state index is -4.38. The van der Waals surface area contributed by atoms with Gasteiger partial charge in [-0.05, 0) is 42.7 Å². The predicted molar refractivity (Wildman–Crippen MR) is 125 cm³/mol. The molecule has 0 aromatic heterocycles. The molecule has 0 aliphatic carbocycles. The van der Waals surface area contributed by atoms with E-state index in [1.54, 1.807) is 12.1 Å². The van der Waals surface area contributed by atoms with E-state index in [0.717, 1.165) is 11.0 Å². The van der Waals surface area contributed by atoms with Crippen LogP contribution in [-0.4, -0.2) is 38.1 Å². The number of Topliss-reactive ketones (excluding diaryl/α,β-unsaturated/α-hetero) is 1. The number of nitriles is 1. The van der Waals surface area contributed by atoms with E-state index in [4.69, 9.17) is 11.0 Å². The number of rotatable bonds is 7. The molecule has 1 amide bonds. The van der Waals surface area contributed by atoms with Gasteiger partial charge in [-0.3, -0.25) is 9.59 Å². The van der Waals surface area contributed by atoms with E-state index in [9.17, 15) is 35.6 Å². The molecule has 0 spiro atoms. The van der Waals surface area contributed by atoms with Crippen molar-refractivity contribution in [3.8, 4) is 6.07 Å². The van der Waals surface area contributed by atoms with Crippen molar-refractivity contribution in [2.75, 3.05) is 10.7 Å². The molecule has 0 unspecified atom stereocenters. The van der Waals surface area contributed by atoms with E-state index in [-0.39, 0.29) is 43.9 Å². The van der Waals surface area contributed by atoms with Crippen molar-refractivity contribution in [2.45, 2.75) is 49.3 Å².